The van der Waals surface area contributed by atoms with Crippen molar-refractivity contribution in [1.29, 1.82) is 0 Å². The van der Waals surface area contributed by atoms with Crippen LogP contribution in [0.2, 0.25) is 0 Å². The normalized spacial score (nSPS) is 18.0. The highest BCUT2D eigenvalue weighted by molar-refractivity contribution is 5.79. The van der Waals surface area contributed by atoms with Crippen molar-refractivity contribution < 1.29 is 14.3 Å². The van der Waals surface area contributed by atoms with Gasteiger partial charge in [-0.25, -0.2) is 0 Å². The van der Waals surface area contributed by atoms with E-state index < -0.39 is 0 Å². The molecule has 21 heavy (non-hydrogen) atoms. The van der Waals surface area contributed by atoms with Crippen LogP contribution in [0.25, 0.3) is 0 Å². The smallest absolute Gasteiger partial charge is 0.237 e. The number of amides is 1. The van der Waals surface area contributed by atoms with Crippen molar-refractivity contribution in [2.24, 2.45) is 0 Å². The Hall–Kier alpha value is -1.59. The summed E-state index contributed by atoms with van der Waals surface area (Å²) in [4.78, 5) is 14.3. The first-order valence-electron chi connectivity index (χ1n) is 7.39. The monoisotopic (exact) mass is 292 g/mol. The lowest BCUT2D eigenvalue weighted by Crippen LogP contribution is -2.38. The van der Waals surface area contributed by atoms with Crippen LogP contribution in [0, 0.1) is 0 Å². The second kappa shape index (κ2) is 8.00. The molecule has 0 aliphatic carbocycles. The van der Waals surface area contributed by atoms with E-state index in [1.165, 1.54) is 5.56 Å². The van der Waals surface area contributed by atoms with Gasteiger partial charge >= 0.3 is 0 Å². The molecule has 1 aromatic rings. The van der Waals surface area contributed by atoms with Crippen LogP contribution in [0.3, 0.4) is 0 Å². The quantitative estimate of drug-likeness (QED) is 0.776. The first-order valence-corrected chi connectivity index (χ1v) is 7.39. The molecule has 2 rings (SSSR count). The number of likely N-dealkylation sites (tertiary alicyclic amines) is 1. The topological polar surface area (TPSA) is 50.8 Å². The number of benzene rings is 1. The maximum absolute atomic E-state index is 12.3. The van der Waals surface area contributed by atoms with Crippen molar-refractivity contribution in [3.63, 3.8) is 0 Å². The summed E-state index contributed by atoms with van der Waals surface area (Å²) in [5, 5.41) is 3.12. The first-order chi connectivity index (χ1) is 10.3. The maximum Gasteiger partial charge on any atom is 0.237 e. The molecule has 1 atom stereocenters. The lowest BCUT2D eigenvalue weighted by Gasteiger charge is -2.25. The van der Waals surface area contributed by atoms with E-state index in [1.807, 2.05) is 29.2 Å². The third-order valence-electron chi connectivity index (χ3n) is 3.83. The Bertz CT molecular complexity index is 447. The van der Waals surface area contributed by atoms with E-state index in [-0.39, 0.29) is 11.9 Å². The molecule has 5 nitrogen and oxygen atoms in total. The number of hydrogen-bond donors (Lipinski definition) is 1. The predicted octanol–water partition coefficient (Wildman–Crippen LogP) is 1.59. The van der Waals surface area contributed by atoms with Crippen molar-refractivity contribution in [1.82, 2.24) is 10.2 Å². The minimum absolute atomic E-state index is 0.157. The molecule has 0 radical (unpaired) electrons. The molecular weight excluding hydrogens is 268 g/mol. The van der Waals surface area contributed by atoms with Gasteiger partial charge in [-0.1, -0.05) is 12.1 Å². The zero-order valence-corrected chi connectivity index (χ0v) is 12.8. The van der Waals surface area contributed by atoms with Crippen LogP contribution in [0.1, 0.15) is 24.4 Å². The molecule has 1 N–H and O–H groups in total. The number of methoxy groups -OCH3 is 2. The van der Waals surface area contributed by atoms with Gasteiger partial charge < -0.3 is 19.7 Å². The maximum atomic E-state index is 12.3. The van der Waals surface area contributed by atoms with Crippen LogP contribution in [0.4, 0.5) is 0 Å². The lowest BCUT2D eigenvalue weighted by atomic mass is 10.0. The van der Waals surface area contributed by atoms with Crippen molar-refractivity contribution >= 4 is 5.91 Å². The standard InChI is InChI=1S/C16H24N2O3/c1-20-11-9-17-12-16(19)18-10-3-4-15(18)13-5-7-14(21-2)8-6-13/h5-8,15,17H,3-4,9-12H2,1-2H3. The fourth-order valence-corrected chi connectivity index (χ4v) is 2.71. The molecule has 5 heteroatoms. The summed E-state index contributed by atoms with van der Waals surface area (Å²) in [6.45, 7) is 2.52. The minimum atomic E-state index is 0.157. The number of hydrogen-bond acceptors (Lipinski definition) is 4. The van der Waals surface area contributed by atoms with Gasteiger partial charge in [0.05, 0.1) is 26.3 Å². The second-order valence-corrected chi connectivity index (χ2v) is 5.19. The largest absolute Gasteiger partial charge is 0.497 e. The van der Waals surface area contributed by atoms with E-state index in [0.717, 1.165) is 25.1 Å². The van der Waals surface area contributed by atoms with Crippen molar-refractivity contribution in [3.8, 4) is 5.75 Å². The summed E-state index contributed by atoms with van der Waals surface area (Å²) in [6, 6.07) is 8.19. The molecule has 0 aromatic heterocycles. The molecule has 0 bridgehead atoms. The van der Waals surface area contributed by atoms with Crippen LogP contribution >= 0.6 is 0 Å². The summed E-state index contributed by atoms with van der Waals surface area (Å²) in [7, 11) is 3.32. The Morgan fingerprint density at radius 1 is 1.33 bits per heavy atom. The van der Waals surface area contributed by atoms with E-state index in [2.05, 4.69) is 5.32 Å². The highest BCUT2D eigenvalue weighted by Gasteiger charge is 2.29. The molecule has 116 valence electrons. The van der Waals surface area contributed by atoms with E-state index >= 15 is 0 Å². The highest BCUT2D eigenvalue weighted by Crippen LogP contribution is 2.32. The summed E-state index contributed by atoms with van der Waals surface area (Å²) >= 11 is 0. The molecule has 1 saturated heterocycles. The Balaban J connectivity index is 1.93. The van der Waals surface area contributed by atoms with E-state index in [4.69, 9.17) is 9.47 Å². The third-order valence-corrected chi connectivity index (χ3v) is 3.83. The van der Waals surface area contributed by atoms with Gasteiger partial charge in [0.2, 0.25) is 5.91 Å². The van der Waals surface area contributed by atoms with Crippen LogP contribution in [-0.4, -0.2) is 51.3 Å². The number of nitrogens with one attached hydrogen (secondary N) is 1. The Morgan fingerprint density at radius 3 is 2.76 bits per heavy atom. The summed E-state index contributed by atoms with van der Waals surface area (Å²) < 4.78 is 10.1. The SMILES string of the molecule is COCCNCC(=O)N1CCCC1c1ccc(OC)cc1. The van der Waals surface area contributed by atoms with Gasteiger partial charge in [0.15, 0.2) is 0 Å². The average molecular weight is 292 g/mol. The predicted molar refractivity (Wildman–Crippen MR) is 81.4 cm³/mol. The first kappa shape index (κ1) is 15.8. The number of nitrogens with zero attached hydrogens (tertiary/aromatic N) is 1. The molecule has 1 aliphatic heterocycles. The highest BCUT2D eigenvalue weighted by atomic mass is 16.5. The van der Waals surface area contributed by atoms with Gasteiger partial charge in [-0.3, -0.25) is 4.79 Å². The van der Waals surface area contributed by atoms with E-state index in [9.17, 15) is 4.79 Å². The van der Waals surface area contributed by atoms with Gasteiger partial charge in [0.1, 0.15) is 5.75 Å². The van der Waals surface area contributed by atoms with Gasteiger partial charge in [0.25, 0.3) is 0 Å². The van der Waals surface area contributed by atoms with E-state index in [1.54, 1.807) is 14.2 Å². The fraction of sp³-hybridized carbons (Fsp3) is 0.562. The van der Waals surface area contributed by atoms with Crippen molar-refractivity contribution in [3.05, 3.63) is 29.8 Å². The Kier molecular flexibility index (Phi) is 6.02. The fourth-order valence-electron chi connectivity index (χ4n) is 2.71. The second-order valence-electron chi connectivity index (χ2n) is 5.19. The summed E-state index contributed by atoms with van der Waals surface area (Å²) in [5.74, 6) is 1.00. The molecule has 1 amide bonds. The Morgan fingerprint density at radius 2 is 2.10 bits per heavy atom. The van der Waals surface area contributed by atoms with Gasteiger partial charge in [-0.05, 0) is 30.5 Å². The molecule has 0 spiro atoms. The third kappa shape index (κ3) is 4.19. The summed E-state index contributed by atoms with van der Waals surface area (Å²) in [6.07, 6.45) is 2.08. The van der Waals surface area contributed by atoms with Crippen LogP contribution < -0.4 is 10.1 Å². The number of carbonyl (C=O) groups is 1. The molecule has 1 unspecified atom stereocenters. The average Bonchev–Trinajstić information content (AvgIpc) is 3.01. The van der Waals surface area contributed by atoms with Gasteiger partial charge in [-0.2, -0.15) is 0 Å². The van der Waals surface area contributed by atoms with Crippen LogP contribution in [0.5, 0.6) is 5.75 Å². The molecule has 0 saturated carbocycles. The van der Waals surface area contributed by atoms with Crippen LogP contribution in [0.15, 0.2) is 24.3 Å². The number of rotatable bonds is 7. The van der Waals surface area contributed by atoms with Gasteiger partial charge in [0, 0.05) is 20.2 Å². The molecular formula is C16H24N2O3. The van der Waals surface area contributed by atoms with Crippen LogP contribution in [-0.2, 0) is 9.53 Å². The van der Waals surface area contributed by atoms with Gasteiger partial charge in [-0.15, -0.1) is 0 Å². The zero-order chi connectivity index (χ0) is 15.1. The molecule has 1 fully saturated rings. The number of carbonyl (C=O) groups excluding carboxylic acids is 1. The summed E-state index contributed by atoms with van der Waals surface area (Å²) in [5.41, 5.74) is 1.18. The lowest BCUT2D eigenvalue weighted by molar-refractivity contribution is -0.131. The minimum Gasteiger partial charge on any atom is -0.497 e. The Labute approximate surface area is 126 Å². The van der Waals surface area contributed by atoms with Crippen molar-refractivity contribution in [2.75, 3.05) is 40.5 Å². The molecule has 1 aromatic carbocycles. The molecule has 1 aliphatic rings. The van der Waals surface area contributed by atoms with E-state index in [0.29, 0.717) is 19.7 Å². The molecule has 1 heterocycles. The number of ether oxygens (including phenoxy) is 2. The zero-order valence-electron chi connectivity index (χ0n) is 12.8. The van der Waals surface area contributed by atoms with Crippen molar-refractivity contribution in [2.45, 2.75) is 18.9 Å².